The fourth-order valence-electron chi connectivity index (χ4n) is 0.886. The zero-order chi connectivity index (χ0) is 11.4. The maximum Gasteiger partial charge on any atom is 0.270 e. The number of benzene rings is 1. The smallest absolute Gasteiger partial charge is 0.270 e. The molecular weight excluding hydrogens is 267 g/mol. The standard InChI is InChI=1S/C9H8BrFN2O2/c1-5(14)12-13-9(15)7-3-2-6(11)4-8(7)10/h2-4H,1H3,(H,12,14)(H,13,15). The monoisotopic (exact) mass is 274 g/mol. The number of nitrogens with one attached hydrogen (secondary N) is 2. The van der Waals surface area contributed by atoms with E-state index in [4.69, 9.17) is 0 Å². The molecule has 0 aliphatic rings. The van der Waals surface area contributed by atoms with Gasteiger partial charge in [-0.05, 0) is 34.1 Å². The van der Waals surface area contributed by atoms with Crippen LogP contribution in [0.5, 0.6) is 0 Å². The minimum absolute atomic E-state index is 0.241. The van der Waals surface area contributed by atoms with Gasteiger partial charge in [-0.2, -0.15) is 0 Å². The lowest BCUT2D eigenvalue weighted by Gasteiger charge is -2.06. The molecular formula is C9H8BrFN2O2. The molecule has 0 unspecified atom stereocenters. The summed E-state index contributed by atoms with van der Waals surface area (Å²) in [5, 5.41) is 0. The normalized spacial score (nSPS) is 9.53. The average Bonchev–Trinajstić information content (AvgIpc) is 2.14. The third-order valence-electron chi connectivity index (χ3n) is 1.53. The topological polar surface area (TPSA) is 58.2 Å². The predicted molar refractivity (Wildman–Crippen MR) is 55.4 cm³/mol. The van der Waals surface area contributed by atoms with Crippen LogP contribution in [0.25, 0.3) is 0 Å². The van der Waals surface area contributed by atoms with Gasteiger partial charge in [0.25, 0.3) is 5.91 Å². The molecule has 2 amide bonds. The molecule has 0 saturated heterocycles. The number of carbonyl (C=O) groups excluding carboxylic acids is 2. The molecule has 0 aliphatic carbocycles. The van der Waals surface area contributed by atoms with E-state index in [1.807, 2.05) is 0 Å². The van der Waals surface area contributed by atoms with Gasteiger partial charge < -0.3 is 0 Å². The summed E-state index contributed by atoms with van der Waals surface area (Å²) < 4.78 is 13.0. The molecule has 2 N–H and O–H groups in total. The molecule has 0 saturated carbocycles. The Labute approximate surface area is 94.0 Å². The Morgan fingerprint density at radius 1 is 1.33 bits per heavy atom. The first-order chi connectivity index (χ1) is 7.00. The molecule has 80 valence electrons. The van der Waals surface area contributed by atoms with Gasteiger partial charge in [0, 0.05) is 11.4 Å². The van der Waals surface area contributed by atoms with Gasteiger partial charge in [-0.3, -0.25) is 20.4 Å². The third kappa shape index (κ3) is 3.32. The SMILES string of the molecule is CC(=O)NNC(=O)c1ccc(F)cc1Br. The summed E-state index contributed by atoms with van der Waals surface area (Å²) in [7, 11) is 0. The highest BCUT2D eigenvalue weighted by Crippen LogP contribution is 2.17. The number of rotatable bonds is 1. The average molecular weight is 275 g/mol. The maximum absolute atomic E-state index is 12.7. The van der Waals surface area contributed by atoms with Crippen LogP contribution in [0.1, 0.15) is 17.3 Å². The van der Waals surface area contributed by atoms with E-state index < -0.39 is 11.7 Å². The number of hydrogen-bond donors (Lipinski definition) is 2. The van der Waals surface area contributed by atoms with Crippen LogP contribution in [0.3, 0.4) is 0 Å². The zero-order valence-electron chi connectivity index (χ0n) is 7.80. The number of hydrazine groups is 1. The van der Waals surface area contributed by atoms with Gasteiger partial charge in [0.15, 0.2) is 0 Å². The Balaban J connectivity index is 2.78. The van der Waals surface area contributed by atoms with E-state index in [1.165, 1.54) is 19.1 Å². The van der Waals surface area contributed by atoms with Crippen molar-refractivity contribution in [2.45, 2.75) is 6.92 Å². The van der Waals surface area contributed by atoms with Crippen LogP contribution in [-0.4, -0.2) is 11.8 Å². The van der Waals surface area contributed by atoms with Gasteiger partial charge in [0.2, 0.25) is 5.91 Å². The third-order valence-corrected chi connectivity index (χ3v) is 2.18. The van der Waals surface area contributed by atoms with Crippen molar-refractivity contribution < 1.29 is 14.0 Å². The molecule has 15 heavy (non-hydrogen) atoms. The second-order valence-electron chi connectivity index (χ2n) is 2.76. The Morgan fingerprint density at radius 3 is 2.53 bits per heavy atom. The van der Waals surface area contributed by atoms with Crippen molar-refractivity contribution >= 4 is 27.7 Å². The van der Waals surface area contributed by atoms with Crippen molar-refractivity contribution in [3.05, 3.63) is 34.1 Å². The molecule has 4 nitrogen and oxygen atoms in total. The Bertz CT molecular complexity index is 409. The summed E-state index contributed by atoms with van der Waals surface area (Å²) in [5.41, 5.74) is 4.54. The van der Waals surface area contributed by atoms with Crippen LogP contribution in [0.15, 0.2) is 22.7 Å². The molecule has 0 aliphatic heterocycles. The molecule has 0 spiro atoms. The van der Waals surface area contributed by atoms with E-state index >= 15 is 0 Å². The van der Waals surface area contributed by atoms with Crippen molar-refractivity contribution in [2.75, 3.05) is 0 Å². The van der Waals surface area contributed by atoms with Crippen LogP contribution in [-0.2, 0) is 4.79 Å². The maximum atomic E-state index is 12.7. The van der Waals surface area contributed by atoms with Crippen molar-refractivity contribution in [2.24, 2.45) is 0 Å². The molecule has 1 aromatic rings. The molecule has 0 aromatic heterocycles. The van der Waals surface area contributed by atoms with E-state index in [-0.39, 0.29) is 11.5 Å². The van der Waals surface area contributed by atoms with E-state index in [1.54, 1.807) is 0 Å². The Morgan fingerprint density at radius 2 is 2.00 bits per heavy atom. The fourth-order valence-corrected chi connectivity index (χ4v) is 1.42. The minimum Gasteiger partial charge on any atom is -0.274 e. The molecule has 0 atom stereocenters. The summed E-state index contributed by atoms with van der Waals surface area (Å²) in [5.74, 6) is -1.35. The summed E-state index contributed by atoms with van der Waals surface area (Å²) >= 11 is 3.04. The summed E-state index contributed by atoms with van der Waals surface area (Å²) in [6, 6.07) is 3.65. The van der Waals surface area contributed by atoms with Crippen molar-refractivity contribution in [1.82, 2.24) is 10.9 Å². The first-order valence-electron chi connectivity index (χ1n) is 4.02. The minimum atomic E-state index is -0.517. The first kappa shape index (κ1) is 11.6. The molecule has 6 heteroatoms. The number of halogens is 2. The van der Waals surface area contributed by atoms with Crippen molar-refractivity contribution in [3.63, 3.8) is 0 Å². The van der Waals surface area contributed by atoms with Crippen molar-refractivity contribution in [3.8, 4) is 0 Å². The van der Waals surface area contributed by atoms with Crippen molar-refractivity contribution in [1.29, 1.82) is 0 Å². The van der Waals surface area contributed by atoms with Gasteiger partial charge in [-0.15, -0.1) is 0 Å². The van der Waals surface area contributed by atoms with Crippen LogP contribution < -0.4 is 10.9 Å². The van der Waals surface area contributed by atoms with E-state index in [0.717, 1.165) is 6.07 Å². The predicted octanol–water partition coefficient (Wildman–Crippen LogP) is 1.37. The summed E-state index contributed by atoms with van der Waals surface area (Å²) in [4.78, 5) is 21.9. The van der Waals surface area contributed by atoms with Crippen LogP contribution >= 0.6 is 15.9 Å². The molecule has 0 fully saturated rings. The van der Waals surface area contributed by atoms with E-state index in [2.05, 4.69) is 26.8 Å². The van der Waals surface area contributed by atoms with Gasteiger partial charge in [-0.25, -0.2) is 4.39 Å². The molecule has 1 aromatic carbocycles. The quantitative estimate of drug-likeness (QED) is 0.760. The summed E-state index contributed by atoms with van der Waals surface area (Å²) in [6.45, 7) is 1.26. The van der Waals surface area contributed by atoms with Crippen LogP contribution in [0.4, 0.5) is 4.39 Å². The lowest BCUT2D eigenvalue weighted by atomic mass is 10.2. The number of hydrogen-bond acceptors (Lipinski definition) is 2. The Hall–Kier alpha value is -1.43. The number of carbonyl (C=O) groups is 2. The second-order valence-corrected chi connectivity index (χ2v) is 3.61. The largest absolute Gasteiger partial charge is 0.274 e. The zero-order valence-corrected chi connectivity index (χ0v) is 9.39. The van der Waals surface area contributed by atoms with Gasteiger partial charge in [0.1, 0.15) is 5.82 Å². The lowest BCUT2D eigenvalue weighted by Crippen LogP contribution is -2.40. The van der Waals surface area contributed by atoms with Crippen LogP contribution in [0, 0.1) is 5.82 Å². The Kier molecular flexibility index (Phi) is 3.79. The number of amides is 2. The highest BCUT2D eigenvalue weighted by Gasteiger charge is 2.10. The van der Waals surface area contributed by atoms with E-state index in [9.17, 15) is 14.0 Å². The molecule has 1 rings (SSSR count). The van der Waals surface area contributed by atoms with Crippen LogP contribution in [0.2, 0.25) is 0 Å². The molecule has 0 bridgehead atoms. The van der Waals surface area contributed by atoms with Gasteiger partial charge >= 0.3 is 0 Å². The first-order valence-corrected chi connectivity index (χ1v) is 4.82. The van der Waals surface area contributed by atoms with E-state index in [0.29, 0.717) is 4.47 Å². The highest BCUT2D eigenvalue weighted by atomic mass is 79.9. The highest BCUT2D eigenvalue weighted by molar-refractivity contribution is 9.10. The lowest BCUT2D eigenvalue weighted by molar-refractivity contribution is -0.119. The summed E-state index contributed by atoms with van der Waals surface area (Å²) in [6.07, 6.45) is 0. The molecule has 0 heterocycles. The second kappa shape index (κ2) is 4.88. The van der Waals surface area contributed by atoms with Gasteiger partial charge in [-0.1, -0.05) is 0 Å². The van der Waals surface area contributed by atoms with Gasteiger partial charge in [0.05, 0.1) is 5.56 Å². The molecule has 0 radical (unpaired) electrons. The fraction of sp³-hybridized carbons (Fsp3) is 0.111.